The van der Waals surface area contributed by atoms with E-state index in [1.807, 2.05) is 5.38 Å². The smallest absolute Gasteiger partial charge is 0.317 e. The Kier molecular flexibility index (Phi) is 6.01. The molecule has 0 atom stereocenters. The van der Waals surface area contributed by atoms with E-state index in [4.69, 9.17) is 0 Å². The first-order valence-electron chi connectivity index (χ1n) is 6.41. The van der Waals surface area contributed by atoms with Crippen molar-refractivity contribution in [2.24, 2.45) is 0 Å². The molecule has 1 N–H and O–H groups in total. The fraction of sp³-hybridized carbons (Fsp3) is 0.286. The molecule has 2 rings (SSSR count). The molecule has 0 spiro atoms. The molecule has 4 nitrogen and oxygen atoms in total. The highest BCUT2D eigenvalue weighted by atomic mass is 32.2. The standard InChI is InChI=1S/C14H16FN3OS2/c1-18(10-13-16-6-9-21-13)14(19)17-7-8-20-12-5-3-2-4-11(12)15/h2-6,9H,7-8,10H2,1H3,(H,17,19). The minimum absolute atomic E-state index is 0.153. The van der Waals surface area contributed by atoms with Crippen molar-refractivity contribution < 1.29 is 9.18 Å². The van der Waals surface area contributed by atoms with Crippen molar-refractivity contribution in [1.29, 1.82) is 0 Å². The molecule has 0 saturated heterocycles. The summed E-state index contributed by atoms with van der Waals surface area (Å²) in [5.41, 5.74) is 0. The molecule has 7 heteroatoms. The Balaban J connectivity index is 1.68. The molecule has 2 amide bonds. The minimum Gasteiger partial charge on any atom is -0.337 e. The Morgan fingerprint density at radius 3 is 3.00 bits per heavy atom. The van der Waals surface area contributed by atoms with Crippen LogP contribution in [0.2, 0.25) is 0 Å². The number of thioether (sulfide) groups is 1. The van der Waals surface area contributed by atoms with Gasteiger partial charge in [-0.05, 0) is 12.1 Å². The Hall–Kier alpha value is -1.60. The molecule has 1 aromatic heterocycles. The summed E-state index contributed by atoms with van der Waals surface area (Å²) in [4.78, 5) is 18.2. The Bertz CT molecular complexity index is 577. The van der Waals surface area contributed by atoms with E-state index in [1.54, 1.807) is 36.3 Å². The molecule has 0 radical (unpaired) electrons. The van der Waals surface area contributed by atoms with Gasteiger partial charge < -0.3 is 10.2 Å². The second-order valence-corrected chi connectivity index (χ2v) is 6.41. The lowest BCUT2D eigenvalue weighted by Crippen LogP contribution is -2.37. The number of thiazole rings is 1. The largest absolute Gasteiger partial charge is 0.337 e. The van der Waals surface area contributed by atoms with Gasteiger partial charge in [0.05, 0.1) is 6.54 Å². The van der Waals surface area contributed by atoms with Crippen molar-refractivity contribution in [1.82, 2.24) is 15.2 Å². The first-order chi connectivity index (χ1) is 10.2. The number of hydrogen-bond donors (Lipinski definition) is 1. The number of benzene rings is 1. The van der Waals surface area contributed by atoms with Crippen molar-refractivity contribution >= 4 is 29.1 Å². The van der Waals surface area contributed by atoms with E-state index < -0.39 is 0 Å². The van der Waals surface area contributed by atoms with Gasteiger partial charge in [0.15, 0.2) is 0 Å². The molecule has 21 heavy (non-hydrogen) atoms. The summed E-state index contributed by atoms with van der Waals surface area (Å²) in [6.45, 7) is 0.976. The first kappa shape index (κ1) is 15.8. The van der Waals surface area contributed by atoms with Crippen LogP contribution in [-0.2, 0) is 6.54 Å². The van der Waals surface area contributed by atoms with Crippen molar-refractivity contribution in [3.8, 4) is 0 Å². The Morgan fingerprint density at radius 1 is 1.48 bits per heavy atom. The number of amides is 2. The molecule has 1 aromatic carbocycles. The summed E-state index contributed by atoms with van der Waals surface area (Å²) >= 11 is 2.90. The highest BCUT2D eigenvalue weighted by Crippen LogP contribution is 2.20. The molecule has 2 aromatic rings. The van der Waals surface area contributed by atoms with Gasteiger partial charge in [-0.15, -0.1) is 23.1 Å². The van der Waals surface area contributed by atoms with Crippen LogP contribution in [0.25, 0.3) is 0 Å². The van der Waals surface area contributed by atoms with Crippen LogP contribution < -0.4 is 5.32 Å². The van der Waals surface area contributed by atoms with Gasteiger partial charge in [-0.3, -0.25) is 0 Å². The number of carbonyl (C=O) groups is 1. The van der Waals surface area contributed by atoms with Crippen molar-refractivity contribution in [3.63, 3.8) is 0 Å². The molecule has 0 fully saturated rings. The zero-order chi connectivity index (χ0) is 15.1. The Morgan fingerprint density at radius 2 is 2.29 bits per heavy atom. The van der Waals surface area contributed by atoms with Gasteiger partial charge in [-0.1, -0.05) is 12.1 Å². The van der Waals surface area contributed by atoms with E-state index in [0.29, 0.717) is 23.7 Å². The molecule has 1 heterocycles. The Labute approximate surface area is 131 Å². The zero-order valence-electron chi connectivity index (χ0n) is 11.6. The summed E-state index contributed by atoms with van der Waals surface area (Å²) in [6.07, 6.45) is 1.72. The molecule has 0 bridgehead atoms. The van der Waals surface area contributed by atoms with Crippen LogP contribution in [-0.4, -0.2) is 35.3 Å². The first-order valence-corrected chi connectivity index (χ1v) is 8.28. The van der Waals surface area contributed by atoms with Crippen molar-refractivity contribution in [2.45, 2.75) is 11.4 Å². The number of nitrogens with zero attached hydrogens (tertiary/aromatic N) is 2. The number of carbonyl (C=O) groups excluding carboxylic acids is 1. The molecule has 0 unspecified atom stereocenters. The topological polar surface area (TPSA) is 45.2 Å². The third kappa shape index (κ3) is 5.02. The number of aromatic nitrogens is 1. The summed E-state index contributed by atoms with van der Waals surface area (Å²) in [5.74, 6) is 0.396. The van der Waals surface area contributed by atoms with E-state index in [0.717, 1.165) is 5.01 Å². The molecule has 0 saturated carbocycles. The number of halogens is 1. The van der Waals surface area contributed by atoms with Crippen LogP contribution in [0.5, 0.6) is 0 Å². The normalized spacial score (nSPS) is 10.4. The number of urea groups is 1. The maximum atomic E-state index is 13.4. The van der Waals surface area contributed by atoms with Crippen LogP contribution in [0.3, 0.4) is 0 Å². The fourth-order valence-corrected chi connectivity index (χ4v) is 3.09. The molecule has 0 aliphatic heterocycles. The van der Waals surface area contributed by atoms with E-state index in [-0.39, 0.29) is 11.8 Å². The summed E-state index contributed by atoms with van der Waals surface area (Å²) in [7, 11) is 1.72. The monoisotopic (exact) mass is 325 g/mol. The van der Waals surface area contributed by atoms with Gasteiger partial charge in [0.25, 0.3) is 0 Å². The highest BCUT2D eigenvalue weighted by Gasteiger charge is 2.09. The van der Waals surface area contributed by atoms with Crippen LogP contribution in [0.1, 0.15) is 5.01 Å². The quantitative estimate of drug-likeness (QED) is 0.655. The molecule has 0 aliphatic carbocycles. The summed E-state index contributed by atoms with van der Waals surface area (Å²) in [6, 6.07) is 6.47. The predicted octanol–water partition coefficient (Wildman–Crippen LogP) is 3.22. The third-order valence-corrected chi connectivity index (χ3v) is 4.49. The van der Waals surface area contributed by atoms with Gasteiger partial charge in [0, 0.05) is 35.8 Å². The lowest BCUT2D eigenvalue weighted by atomic mass is 10.3. The van der Waals surface area contributed by atoms with Gasteiger partial charge in [0.2, 0.25) is 0 Å². The van der Waals surface area contributed by atoms with Gasteiger partial charge >= 0.3 is 6.03 Å². The molecule has 0 aliphatic rings. The predicted molar refractivity (Wildman–Crippen MR) is 84.1 cm³/mol. The third-order valence-electron chi connectivity index (χ3n) is 2.68. The van der Waals surface area contributed by atoms with Crippen LogP contribution in [0.4, 0.5) is 9.18 Å². The van der Waals surface area contributed by atoms with E-state index >= 15 is 0 Å². The van der Waals surface area contributed by atoms with E-state index in [2.05, 4.69) is 10.3 Å². The lowest BCUT2D eigenvalue weighted by molar-refractivity contribution is 0.207. The van der Waals surface area contributed by atoms with Gasteiger partial charge in [-0.2, -0.15) is 0 Å². The summed E-state index contributed by atoms with van der Waals surface area (Å²) < 4.78 is 13.4. The van der Waals surface area contributed by atoms with Gasteiger partial charge in [-0.25, -0.2) is 14.2 Å². The number of rotatable bonds is 6. The lowest BCUT2D eigenvalue weighted by Gasteiger charge is -2.16. The molecular formula is C14H16FN3OS2. The van der Waals surface area contributed by atoms with Gasteiger partial charge in [0.1, 0.15) is 10.8 Å². The van der Waals surface area contributed by atoms with E-state index in [1.165, 1.54) is 29.2 Å². The minimum atomic E-state index is -0.227. The molecular weight excluding hydrogens is 309 g/mol. The second kappa shape index (κ2) is 7.99. The average molecular weight is 325 g/mol. The van der Waals surface area contributed by atoms with Crippen LogP contribution in [0, 0.1) is 5.82 Å². The number of nitrogens with one attached hydrogen (secondary N) is 1. The van der Waals surface area contributed by atoms with Crippen LogP contribution in [0.15, 0.2) is 40.7 Å². The number of hydrogen-bond acceptors (Lipinski definition) is 4. The average Bonchev–Trinajstić information content (AvgIpc) is 2.98. The van der Waals surface area contributed by atoms with Crippen molar-refractivity contribution in [2.75, 3.05) is 19.3 Å². The zero-order valence-corrected chi connectivity index (χ0v) is 13.2. The maximum Gasteiger partial charge on any atom is 0.317 e. The summed E-state index contributed by atoms with van der Waals surface area (Å²) in [5, 5.41) is 5.58. The molecule has 112 valence electrons. The van der Waals surface area contributed by atoms with E-state index in [9.17, 15) is 9.18 Å². The van der Waals surface area contributed by atoms with Crippen molar-refractivity contribution in [3.05, 3.63) is 46.7 Å². The fourth-order valence-electron chi connectivity index (χ4n) is 1.62. The highest BCUT2D eigenvalue weighted by molar-refractivity contribution is 7.99. The maximum absolute atomic E-state index is 13.4. The second-order valence-electron chi connectivity index (χ2n) is 4.29. The van der Waals surface area contributed by atoms with Crippen LogP contribution >= 0.6 is 23.1 Å². The SMILES string of the molecule is CN(Cc1nccs1)C(=O)NCCSc1ccccc1F.